The molecule has 1 heterocycles. The van der Waals surface area contributed by atoms with Gasteiger partial charge in [0.1, 0.15) is 0 Å². The van der Waals surface area contributed by atoms with Gasteiger partial charge in [-0.1, -0.05) is 20.8 Å². The van der Waals surface area contributed by atoms with Gasteiger partial charge >= 0.3 is 0 Å². The van der Waals surface area contributed by atoms with E-state index in [-0.39, 0.29) is 18.2 Å². The third-order valence-electron chi connectivity index (χ3n) is 3.20. The average molecular weight is 236 g/mol. The van der Waals surface area contributed by atoms with Gasteiger partial charge in [0.15, 0.2) is 0 Å². The molecule has 0 fully saturated rings. The van der Waals surface area contributed by atoms with E-state index in [1.807, 2.05) is 12.1 Å². The first-order chi connectivity index (χ1) is 8.06. The fraction of sp³-hybridized carbons (Fsp3) is 0.643. The topological polar surface area (TPSA) is 48.1 Å². The van der Waals surface area contributed by atoms with Crippen LogP contribution >= 0.6 is 0 Å². The number of nitrogens with two attached hydrogens (primary N) is 1. The minimum atomic E-state index is -0.0413. The van der Waals surface area contributed by atoms with Crippen LogP contribution in [0.5, 0.6) is 0 Å². The molecule has 3 atom stereocenters. The highest BCUT2D eigenvalue weighted by Crippen LogP contribution is 2.25. The molecule has 0 aliphatic rings. The number of hydrogen-bond acceptors (Lipinski definition) is 3. The zero-order valence-electron chi connectivity index (χ0n) is 11.3. The molecule has 1 aromatic heterocycles. The van der Waals surface area contributed by atoms with Crippen LogP contribution in [0.3, 0.4) is 0 Å². The van der Waals surface area contributed by atoms with Crippen LogP contribution in [0.2, 0.25) is 0 Å². The van der Waals surface area contributed by atoms with Crippen LogP contribution in [-0.2, 0) is 4.74 Å². The van der Waals surface area contributed by atoms with Gasteiger partial charge in [-0.2, -0.15) is 0 Å². The maximum atomic E-state index is 6.15. The molecule has 0 bridgehead atoms. The van der Waals surface area contributed by atoms with Gasteiger partial charge in [0, 0.05) is 18.4 Å². The molecule has 0 aliphatic carbocycles. The zero-order chi connectivity index (χ0) is 12.8. The van der Waals surface area contributed by atoms with Crippen LogP contribution in [0.1, 0.15) is 45.8 Å². The summed E-state index contributed by atoms with van der Waals surface area (Å²) in [5, 5.41) is 0. The number of pyridine rings is 1. The Balaban J connectivity index is 2.82. The first kappa shape index (κ1) is 14.1. The van der Waals surface area contributed by atoms with Gasteiger partial charge < -0.3 is 10.5 Å². The molecule has 0 aliphatic heterocycles. The summed E-state index contributed by atoms with van der Waals surface area (Å²) < 4.78 is 6.10. The molecule has 1 aromatic rings. The van der Waals surface area contributed by atoms with Crippen molar-refractivity contribution in [2.24, 2.45) is 11.7 Å². The highest BCUT2D eigenvalue weighted by atomic mass is 16.5. The minimum absolute atomic E-state index is 0.0265. The lowest BCUT2D eigenvalue weighted by molar-refractivity contribution is -0.0395. The van der Waals surface area contributed by atoms with Crippen molar-refractivity contribution in [3.63, 3.8) is 0 Å². The van der Waals surface area contributed by atoms with Crippen LogP contribution in [0.15, 0.2) is 24.5 Å². The van der Waals surface area contributed by atoms with E-state index in [1.54, 1.807) is 12.4 Å². The van der Waals surface area contributed by atoms with E-state index >= 15 is 0 Å². The number of hydrogen-bond donors (Lipinski definition) is 1. The Morgan fingerprint density at radius 1 is 1.24 bits per heavy atom. The van der Waals surface area contributed by atoms with E-state index in [9.17, 15) is 0 Å². The van der Waals surface area contributed by atoms with Crippen LogP contribution < -0.4 is 5.73 Å². The van der Waals surface area contributed by atoms with Gasteiger partial charge in [-0.15, -0.1) is 0 Å². The number of nitrogens with zero attached hydrogens (tertiary/aromatic N) is 1. The Bertz CT molecular complexity index is 313. The minimum Gasteiger partial charge on any atom is -0.369 e. The van der Waals surface area contributed by atoms with Crippen molar-refractivity contribution in [3.8, 4) is 0 Å². The van der Waals surface area contributed by atoms with Crippen molar-refractivity contribution in [2.45, 2.75) is 52.4 Å². The SMILES string of the molecule is CCC(N)C(OC(C)C(C)C)c1ccncc1. The van der Waals surface area contributed by atoms with Crippen molar-refractivity contribution in [3.05, 3.63) is 30.1 Å². The maximum absolute atomic E-state index is 6.15. The van der Waals surface area contributed by atoms with E-state index in [4.69, 9.17) is 10.5 Å². The molecule has 2 N–H and O–H groups in total. The molecule has 3 heteroatoms. The highest BCUT2D eigenvalue weighted by molar-refractivity contribution is 5.15. The highest BCUT2D eigenvalue weighted by Gasteiger charge is 2.22. The Kier molecular flexibility index (Phi) is 5.59. The van der Waals surface area contributed by atoms with E-state index in [0.29, 0.717) is 5.92 Å². The van der Waals surface area contributed by atoms with E-state index in [1.165, 1.54) is 0 Å². The summed E-state index contributed by atoms with van der Waals surface area (Å²) in [6.45, 7) is 8.50. The quantitative estimate of drug-likeness (QED) is 0.826. The predicted octanol–water partition coefficient (Wildman–Crippen LogP) is 2.92. The smallest absolute Gasteiger partial charge is 0.0980 e. The number of ether oxygens (including phenoxy) is 1. The Labute approximate surface area is 104 Å². The van der Waals surface area contributed by atoms with Crippen LogP contribution in [0, 0.1) is 5.92 Å². The summed E-state index contributed by atoms with van der Waals surface area (Å²) in [4.78, 5) is 4.03. The number of rotatable bonds is 6. The van der Waals surface area contributed by atoms with E-state index < -0.39 is 0 Å². The molecule has 17 heavy (non-hydrogen) atoms. The van der Waals surface area contributed by atoms with E-state index in [0.717, 1.165) is 12.0 Å². The molecule has 0 saturated carbocycles. The van der Waals surface area contributed by atoms with Crippen molar-refractivity contribution in [1.82, 2.24) is 4.98 Å². The molecule has 0 radical (unpaired) electrons. The second-order valence-corrected chi connectivity index (χ2v) is 4.86. The third kappa shape index (κ3) is 4.10. The Hall–Kier alpha value is -0.930. The van der Waals surface area contributed by atoms with Gasteiger partial charge in [-0.25, -0.2) is 0 Å². The summed E-state index contributed by atoms with van der Waals surface area (Å²) in [7, 11) is 0. The van der Waals surface area contributed by atoms with Gasteiger partial charge in [0.05, 0.1) is 12.2 Å². The largest absolute Gasteiger partial charge is 0.369 e. The fourth-order valence-corrected chi connectivity index (χ4v) is 1.58. The van der Waals surface area contributed by atoms with Gasteiger partial charge in [0.25, 0.3) is 0 Å². The molecular formula is C14H24N2O. The predicted molar refractivity (Wildman–Crippen MR) is 70.6 cm³/mol. The third-order valence-corrected chi connectivity index (χ3v) is 3.20. The maximum Gasteiger partial charge on any atom is 0.0980 e. The van der Waals surface area contributed by atoms with Crippen molar-refractivity contribution < 1.29 is 4.74 Å². The molecule has 3 nitrogen and oxygen atoms in total. The molecule has 3 unspecified atom stereocenters. The molecule has 1 rings (SSSR count). The molecule has 0 amide bonds. The fourth-order valence-electron chi connectivity index (χ4n) is 1.58. The first-order valence-electron chi connectivity index (χ1n) is 6.37. The van der Waals surface area contributed by atoms with Crippen LogP contribution in [0.25, 0.3) is 0 Å². The summed E-state index contributed by atoms with van der Waals surface area (Å²) in [5.41, 5.74) is 7.27. The lowest BCUT2D eigenvalue weighted by Gasteiger charge is -2.29. The van der Waals surface area contributed by atoms with Crippen molar-refractivity contribution in [2.75, 3.05) is 0 Å². The van der Waals surface area contributed by atoms with Crippen LogP contribution in [-0.4, -0.2) is 17.1 Å². The molecule has 0 spiro atoms. The summed E-state index contributed by atoms with van der Waals surface area (Å²) in [6, 6.07) is 3.99. The van der Waals surface area contributed by atoms with Gasteiger partial charge in [0.2, 0.25) is 0 Å². The molecule has 0 saturated heterocycles. The van der Waals surface area contributed by atoms with Crippen molar-refractivity contribution >= 4 is 0 Å². The van der Waals surface area contributed by atoms with Crippen molar-refractivity contribution in [1.29, 1.82) is 0 Å². The first-order valence-corrected chi connectivity index (χ1v) is 6.37. The number of aromatic nitrogens is 1. The second-order valence-electron chi connectivity index (χ2n) is 4.86. The monoisotopic (exact) mass is 236 g/mol. The lowest BCUT2D eigenvalue weighted by Crippen LogP contribution is -2.33. The molecular weight excluding hydrogens is 212 g/mol. The average Bonchev–Trinajstić information content (AvgIpc) is 2.35. The molecule has 96 valence electrons. The normalized spacial score (nSPS) is 16.8. The standard InChI is InChI=1S/C14H24N2O/c1-5-13(15)14(17-11(4)10(2)3)12-6-8-16-9-7-12/h6-11,13-14H,5,15H2,1-4H3. The summed E-state index contributed by atoms with van der Waals surface area (Å²) >= 11 is 0. The zero-order valence-corrected chi connectivity index (χ0v) is 11.3. The Morgan fingerprint density at radius 2 is 1.82 bits per heavy atom. The summed E-state index contributed by atoms with van der Waals surface area (Å²) in [5.74, 6) is 0.489. The van der Waals surface area contributed by atoms with E-state index in [2.05, 4.69) is 32.7 Å². The lowest BCUT2D eigenvalue weighted by atomic mass is 10.0. The second kappa shape index (κ2) is 6.72. The van der Waals surface area contributed by atoms with Crippen LogP contribution in [0.4, 0.5) is 0 Å². The summed E-state index contributed by atoms with van der Waals surface area (Å²) in [6.07, 6.45) is 4.63. The van der Waals surface area contributed by atoms with Gasteiger partial charge in [-0.05, 0) is 37.0 Å². The molecule has 0 aromatic carbocycles. The Morgan fingerprint density at radius 3 is 2.29 bits per heavy atom. The van der Waals surface area contributed by atoms with Gasteiger partial charge in [-0.3, -0.25) is 4.98 Å².